The van der Waals surface area contributed by atoms with Crippen LogP contribution in [0.4, 0.5) is 0 Å². The summed E-state index contributed by atoms with van der Waals surface area (Å²) >= 11 is 0. The maximum Gasteiger partial charge on any atom is 1.00 e. The second-order valence-electron chi connectivity index (χ2n) is 7.78. The SMILES string of the molecule is CCCCCCCCCCCCCCCC(=O)N(C)CCCCS(=O)(=O)[O-].[Na+]. The maximum absolute atomic E-state index is 12.0. The van der Waals surface area contributed by atoms with Crippen molar-refractivity contribution >= 4 is 16.0 Å². The first-order valence-corrected chi connectivity index (χ1v) is 12.6. The van der Waals surface area contributed by atoms with Crippen molar-refractivity contribution in [3.8, 4) is 0 Å². The Balaban J connectivity index is 0. The second-order valence-corrected chi connectivity index (χ2v) is 9.30. The van der Waals surface area contributed by atoms with Crippen LogP contribution in [0.3, 0.4) is 0 Å². The van der Waals surface area contributed by atoms with Gasteiger partial charge in [-0.25, -0.2) is 8.42 Å². The number of carbonyl (C=O) groups is 1. The van der Waals surface area contributed by atoms with Gasteiger partial charge in [0.2, 0.25) is 5.91 Å². The molecule has 0 aliphatic carbocycles. The zero-order chi connectivity index (χ0) is 20.4. The molecule has 0 heterocycles. The van der Waals surface area contributed by atoms with Gasteiger partial charge in [0.05, 0.1) is 10.1 Å². The fourth-order valence-electron chi connectivity index (χ4n) is 3.24. The largest absolute Gasteiger partial charge is 1.00 e. The Labute approximate surface area is 196 Å². The smallest absolute Gasteiger partial charge is 0.748 e. The molecule has 0 rings (SSSR count). The molecule has 0 aromatic carbocycles. The summed E-state index contributed by atoms with van der Waals surface area (Å²) in [6, 6.07) is 0. The fourth-order valence-corrected chi connectivity index (χ4v) is 3.80. The summed E-state index contributed by atoms with van der Waals surface area (Å²) in [5, 5.41) is 0. The van der Waals surface area contributed by atoms with Gasteiger partial charge in [-0.05, 0) is 19.3 Å². The normalized spacial score (nSPS) is 11.2. The van der Waals surface area contributed by atoms with E-state index in [1.54, 1.807) is 11.9 Å². The minimum Gasteiger partial charge on any atom is -0.748 e. The molecule has 28 heavy (non-hydrogen) atoms. The summed E-state index contributed by atoms with van der Waals surface area (Å²) in [4.78, 5) is 13.6. The summed E-state index contributed by atoms with van der Waals surface area (Å²) < 4.78 is 31.6. The fraction of sp³-hybridized carbons (Fsp3) is 0.952. The van der Waals surface area contributed by atoms with Gasteiger partial charge in [-0.3, -0.25) is 4.79 Å². The van der Waals surface area contributed by atoms with Gasteiger partial charge >= 0.3 is 29.6 Å². The van der Waals surface area contributed by atoms with E-state index in [1.165, 1.54) is 70.6 Å². The summed E-state index contributed by atoms with van der Waals surface area (Å²) in [7, 11) is -2.39. The van der Waals surface area contributed by atoms with Crippen LogP contribution in [0.25, 0.3) is 0 Å². The topological polar surface area (TPSA) is 77.5 Å². The van der Waals surface area contributed by atoms with Crippen LogP contribution >= 0.6 is 0 Å². The third-order valence-corrected chi connectivity index (χ3v) is 5.85. The first kappa shape index (κ1) is 30.6. The molecule has 7 heteroatoms. The van der Waals surface area contributed by atoms with E-state index >= 15 is 0 Å². The van der Waals surface area contributed by atoms with Crippen LogP contribution in [0.1, 0.15) is 110 Å². The van der Waals surface area contributed by atoms with Crippen LogP contribution in [0.2, 0.25) is 0 Å². The minimum absolute atomic E-state index is 0. The van der Waals surface area contributed by atoms with E-state index < -0.39 is 10.1 Å². The Hall–Kier alpha value is 0.380. The maximum atomic E-state index is 12.0. The van der Waals surface area contributed by atoms with Crippen molar-refractivity contribution < 1.29 is 47.3 Å². The van der Waals surface area contributed by atoms with E-state index in [9.17, 15) is 17.8 Å². The number of nitrogens with zero attached hydrogens (tertiary/aromatic N) is 1. The van der Waals surface area contributed by atoms with Gasteiger partial charge in [-0.2, -0.15) is 0 Å². The number of rotatable bonds is 19. The van der Waals surface area contributed by atoms with Gasteiger partial charge < -0.3 is 9.45 Å². The van der Waals surface area contributed by atoms with Crippen molar-refractivity contribution in [2.45, 2.75) is 110 Å². The van der Waals surface area contributed by atoms with Crippen molar-refractivity contribution in [3.63, 3.8) is 0 Å². The van der Waals surface area contributed by atoms with Crippen molar-refractivity contribution in [3.05, 3.63) is 0 Å². The molecule has 0 N–H and O–H groups in total. The zero-order valence-electron chi connectivity index (χ0n) is 18.7. The Bertz CT molecular complexity index is 457. The molecule has 5 nitrogen and oxygen atoms in total. The van der Waals surface area contributed by atoms with Crippen LogP contribution in [-0.4, -0.2) is 43.1 Å². The van der Waals surface area contributed by atoms with Crippen LogP contribution < -0.4 is 29.6 Å². The molecule has 0 unspecified atom stereocenters. The van der Waals surface area contributed by atoms with Crippen LogP contribution in [0.5, 0.6) is 0 Å². The van der Waals surface area contributed by atoms with Gasteiger partial charge in [-0.15, -0.1) is 0 Å². The molecule has 162 valence electrons. The Kier molecular flexibility index (Phi) is 22.5. The van der Waals surface area contributed by atoms with Crippen molar-refractivity contribution in [1.29, 1.82) is 0 Å². The third kappa shape index (κ3) is 22.7. The molecule has 0 saturated carbocycles. The summed E-state index contributed by atoms with van der Waals surface area (Å²) in [5.41, 5.74) is 0. The predicted octanol–water partition coefficient (Wildman–Crippen LogP) is 2.26. The van der Waals surface area contributed by atoms with Crippen LogP contribution in [0, 0.1) is 0 Å². The number of carbonyl (C=O) groups excluding carboxylic acids is 1. The Morgan fingerprint density at radius 2 is 1.18 bits per heavy atom. The average molecular weight is 428 g/mol. The molecule has 0 radical (unpaired) electrons. The van der Waals surface area contributed by atoms with E-state index in [4.69, 9.17) is 0 Å². The van der Waals surface area contributed by atoms with E-state index in [0.717, 1.165) is 12.8 Å². The molecule has 0 spiro atoms. The Morgan fingerprint density at radius 3 is 1.61 bits per heavy atom. The molecule has 0 aliphatic heterocycles. The summed E-state index contributed by atoms with van der Waals surface area (Å²) in [5.74, 6) is -0.225. The van der Waals surface area contributed by atoms with Crippen LogP contribution in [0.15, 0.2) is 0 Å². The second kappa shape index (κ2) is 20.6. The number of amides is 1. The molecule has 1 amide bonds. The molecule has 0 aromatic heterocycles. The van der Waals surface area contributed by atoms with Gasteiger partial charge in [-0.1, -0.05) is 84.0 Å². The third-order valence-electron chi connectivity index (χ3n) is 5.06. The van der Waals surface area contributed by atoms with E-state index in [0.29, 0.717) is 25.8 Å². The minimum atomic E-state index is -4.13. The molecule has 0 bridgehead atoms. The monoisotopic (exact) mass is 427 g/mol. The van der Waals surface area contributed by atoms with Crippen molar-refractivity contribution in [2.24, 2.45) is 0 Å². The predicted molar refractivity (Wildman–Crippen MR) is 112 cm³/mol. The molecule has 0 saturated heterocycles. The Morgan fingerprint density at radius 1 is 0.750 bits per heavy atom. The first-order valence-electron chi connectivity index (χ1n) is 11.0. The molecule has 0 atom stereocenters. The molecule has 0 aromatic rings. The standard InChI is InChI=1S/C21H43NO4S.Na/c1-3-4-5-6-7-8-9-10-11-12-13-14-15-18-21(23)22(2)19-16-17-20-27(24,25)26;/h3-20H2,1-2H3,(H,24,25,26);/q;+1/p-1. The van der Waals surface area contributed by atoms with E-state index in [2.05, 4.69) is 6.92 Å². The number of hydrogen-bond acceptors (Lipinski definition) is 4. The van der Waals surface area contributed by atoms with Crippen molar-refractivity contribution in [1.82, 2.24) is 4.90 Å². The van der Waals surface area contributed by atoms with Gasteiger partial charge in [0, 0.05) is 25.8 Å². The van der Waals surface area contributed by atoms with Crippen LogP contribution in [-0.2, 0) is 14.9 Å². The van der Waals surface area contributed by atoms with Crippen molar-refractivity contribution in [2.75, 3.05) is 19.3 Å². The summed E-state index contributed by atoms with van der Waals surface area (Å²) in [6.07, 6.45) is 18.2. The number of hydrogen-bond donors (Lipinski definition) is 0. The quantitative estimate of drug-likeness (QED) is 0.180. The average Bonchev–Trinajstić information content (AvgIpc) is 2.61. The van der Waals surface area contributed by atoms with Gasteiger partial charge in [0.25, 0.3) is 0 Å². The molecular weight excluding hydrogens is 385 g/mol. The molecule has 0 fully saturated rings. The first-order chi connectivity index (χ1) is 12.9. The molecule has 0 aliphatic rings. The van der Waals surface area contributed by atoms with E-state index in [1.807, 2.05) is 0 Å². The van der Waals surface area contributed by atoms with E-state index in [-0.39, 0.29) is 41.2 Å². The van der Waals surface area contributed by atoms with Gasteiger partial charge in [0.1, 0.15) is 0 Å². The summed E-state index contributed by atoms with van der Waals surface area (Å²) in [6.45, 7) is 2.77. The van der Waals surface area contributed by atoms with Gasteiger partial charge in [0.15, 0.2) is 0 Å². The molecular formula is C21H42NNaO4S. The zero-order valence-corrected chi connectivity index (χ0v) is 21.5. The number of unbranched alkanes of at least 4 members (excludes halogenated alkanes) is 13.